The second-order valence-electron chi connectivity index (χ2n) is 5.91. The van der Waals surface area contributed by atoms with E-state index in [1.54, 1.807) is 24.3 Å². The van der Waals surface area contributed by atoms with Crippen LogP contribution in [0.2, 0.25) is 5.02 Å². The molecule has 0 saturated carbocycles. The number of hydrogen-bond donors (Lipinski definition) is 0. The number of rotatable bonds is 5. The average molecular weight is 387 g/mol. The first-order valence-corrected chi connectivity index (χ1v) is 9.82. The minimum atomic E-state index is -1.18. The molecular formula is C18H15ClN4O2S. The molecule has 1 aromatic carbocycles. The van der Waals surface area contributed by atoms with Gasteiger partial charge in [-0.2, -0.15) is 4.98 Å². The Morgan fingerprint density at radius 2 is 1.96 bits per heavy atom. The van der Waals surface area contributed by atoms with Crippen molar-refractivity contribution in [1.82, 2.24) is 19.5 Å². The summed E-state index contributed by atoms with van der Waals surface area (Å²) in [5, 5.41) is 4.55. The lowest BCUT2D eigenvalue weighted by Gasteiger charge is -1.95. The Labute approximate surface area is 157 Å². The summed E-state index contributed by atoms with van der Waals surface area (Å²) in [6.07, 6.45) is 3.83. The molecule has 3 aromatic heterocycles. The Hall–Kier alpha value is -2.51. The van der Waals surface area contributed by atoms with Crippen LogP contribution in [-0.4, -0.2) is 23.7 Å². The third-order valence-electron chi connectivity index (χ3n) is 3.89. The molecule has 0 bridgehead atoms. The minimum absolute atomic E-state index is 0.212. The highest BCUT2D eigenvalue weighted by molar-refractivity contribution is 7.83. The first-order chi connectivity index (χ1) is 12.6. The van der Waals surface area contributed by atoms with Gasteiger partial charge in [0.1, 0.15) is 5.65 Å². The molecule has 0 fully saturated rings. The van der Waals surface area contributed by atoms with Crippen molar-refractivity contribution in [2.24, 2.45) is 0 Å². The largest absolute Gasteiger partial charge is 0.334 e. The number of nitrogens with zero attached hydrogens (tertiary/aromatic N) is 4. The van der Waals surface area contributed by atoms with Crippen LogP contribution < -0.4 is 0 Å². The van der Waals surface area contributed by atoms with Gasteiger partial charge in [0, 0.05) is 33.8 Å². The molecule has 8 heteroatoms. The van der Waals surface area contributed by atoms with E-state index in [9.17, 15) is 4.21 Å². The van der Waals surface area contributed by atoms with E-state index in [-0.39, 0.29) is 5.75 Å². The molecule has 0 aliphatic carbocycles. The van der Waals surface area contributed by atoms with E-state index in [1.165, 1.54) is 0 Å². The summed E-state index contributed by atoms with van der Waals surface area (Å²) in [7, 11) is -1.18. The first kappa shape index (κ1) is 16.9. The van der Waals surface area contributed by atoms with Gasteiger partial charge in [-0.05, 0) is 42.8 Å². The van der Waals surface area contributed by atoms with Crippen LogP contribution in [0.1, 0.15) is 17.1 Å². The second-order valence-corrected chi connectivity index (χ2v) is 7.80. The van der Waals surface area contributed by atoms with Crippen molar-refractivity contribution in [1.29, 1.82) is 0 Å². The lowest BCUT2D eigenvalue weighted by molar-refractivity contribution is 0.425. The van der Waals surface area contributed by atoms with E-state index < -0.39 is 10.8 Å². The highest BCUT2D eigenvalue weighted by atomic mass is 35.5. The molecule has 0 spiro atoms. The number of benzene rings is 1. The van der Waals surface area contributed by atoms with Gasteiger partial charge in [-0.25, -0.2) is 4.98 Å². The SMILES string of the molecule is Cc1cccn2cc(CS(=O)Cc3noc(-c4ccc(Cl)cc4)n3)nc12. The molecule has 0 radical (unpaired) electrons. The van der Waals surface area contributed by atoms with Gasteiger partial charge in [-0.15, -0.1) is 0 Å². The minimum Gasteiger partial charge on any atom is -0.334 e. The number of pyridine rings is 1. The molecule has 0 N–H and O–H groups in total. The second kappa shape index (κ2) is 7.01. The molecule has 6 nitrogen and oxygen atoms in total. The molecule has 0 aliphatic rings. The topological polar surface area (TPSA) is 73.3 Å². The molecular weight excluding hydrogens is 372 g/mol. The summed E-state index contributed by atoms with van der Waals surface area (Å²) >= 11 is 5.87. The Kier molecular flexibility index (Phi) is 4.57. The number of imidazole rings is 1. The van der Waals surface area contributed by atoms with Crippen LogP contribution >= 0.6 is 11.6 Å². The summed E-state index contributed by atoms with van der Waals surface area (Å²) < 4.78 is 19.6. The van der Waals surface area contributed by atoms with Gasteiger partial charge < -0.3 is 8.92 Å². The van der Waals surface area contributed by atoms with Crippen molar-refractivity contribution in [3.05, 3.63) is 70.9 Å². The third-order valence-corrected chi connectivity index (χ3v) is 5.34. The number of fused-ring (bicyclic) bond motifs is 1. The van der Waals surface area contributed by atoms with Crippen molar-refractivity contribution in [3.63, 3.8) is 0 Å². The van der Waals surface area contributed by atoms with E-state index in [0.717, 1.165) is 22.5 Å². The Balaban J connectivity index is 1.46. The van der Waals surface area contributed by atoms with E-state index in [1.807, 2.05) is 35.9 Å². The third kappa shape index (κ3) is 3.54. The van der Waals surface area contributed by atoms with E-state index in [2.05, 4.69) is 15.1 Å². The Morgan fingerprint density at radius 3 is 2.73 bits per heavy atom. The quantitative estimate of drug-likeness (QED) is 0.521. The van der Waals surface area contributed by atoms with Crippen LogP contribution in [0.15, 0.2) is 53.3 Å². The maximum Gasteiger partial charge on any atom is 0.257 e. The number of aromatic nitrogens is 4. The maximum atomic E-state index is 12.5. The molecule has 26 heavy (non-hydrogen) atoms. The first-order valence-electron chi connectivity index (χ1n) is 7.95. The zero-order chi connectivity index (χ0) is 18.1. The van der Waals surface area contributed by atoms with Gasteiger partial charge in [0.05, 0.1) is 17.2 Å². The van der Waals surface area contributed by atoms with Crippen LogP contribution in [0.3, 0.4) is 0 Å². The Morgan fingerprint density at radius 1 is 1.15 bits per heavy atom. The van der Waals surface area contributed by atoms with Gasteiger partial charge in [-0.3, -0.25) is 4.21 Å². The summed E-state index contributed by atoms with van der Waals surface area (Å²) in [4.78, 5) is 8.86. The monoisotopic (exact) mass is 386 g/mol. The molecule has 4 rings (SSSR count). The summed E-state index contributed by atoms with van der Waals surface area (Å²) in [5.74, 6) is 1.35. The van der Waals surface area contributed by atoms with Crippen LogP contribution in [0.5, 0.6) is 0 Å². The van der Waals surface area contributed by atoms with Gasteiger partial charge in [0.15, 0.2) is 5.82 Å². The van der Waals surface area contributed by atoms with Crippen molar-refractivity contribution in [2.45, 2.75) is 18.4 Å². The highest BCUT2D eigenvalue weighted by Crippen LogP contribution is 2.20. The highest BCUT2D eigenvalue weighted by Gasteiger charge is 2.13. The zero-order valence-corrected chi connectivity index (χ0v) is 15.5. The molecule has 0 saturated heterocycles. The predicted octanol–water partition coefficient (Wildman–Crippen LogP) is 3.80. The molecule has 1 unspecified atom stereocenters. The predicted molar refractivity (Wildman–Crippen MR) is 100 cm³/mol. The zero-order valence-electron chi connectivity index (χ0n) is 13.9. The fraction of sp³-hybridized carbons (Fsp3) is 0.167. The van der Waals surface area contributed by atoms with Gasteiger partial charge in [0.2, 0.25) is 0 Å². The van der Waals surface area contributed by atoms with Crippen LogP contribution in [0.25, 0.3) is 17.1 Å². The number of hydrogen-bond acceptors (Lipinski definition) is 5. The van der Waals surface area contributed by atoms with Gasteiger partial charge >= 0.3 is 0 Å². The van der Waals surface area contributed by atoms with E-state index in [0.29, 0.717) is 22.5 Å². The molecule has 3 heterocycles. The normalized spacial score (nSPS) is 12.5. The van der Waals surface area contributed by atoms with E-state index in [4.69, 9.17) is 16.1 Å². The van der Waals surface area contributed by atoms with Crippen LogP contribution in [0.4, 0.5) is 0 Å². The van der Waals surface area contributed by atoms with Gasteiger partial charge in [0.25, 0.3) is 5.89 Å². The standard InChI is InChI=1S/C18H15ClN4O2S/c1-12-3-2-8-23-9-15(20-17(12)23)10-26(24)11-16-21-18(25-22-16)13-4-6-14(19)7-5-13/h2-9H,10-11H2,1H3. The van der Waals surface area contributed by atoms with Crippen LogP contribution in [-0.2, 0) is 22.3 Å². The molecule has 0 amide bonds. The van der Waals surface area contributed by atoms with Crippen molar-refractivity contribution in [3.8, 4) is 11.5 Å². The van der Waals surface area contributed by atoms with Crippen molar-refractivity contribution >= 4 is 28.0 Å². The molecule has 132 valence electrons. The molecule has 1 atom stereocenters. The van der Waals surface area contributed by atoms with Crippen molar-refractivity contribution < 1.29 is 8.73 Å². The maximum absolute atomic E-state index is 12.5. The summed E-state index contributed by atoms with van der Waals surface area (Å²) in [6, 6.07) is 11.1. The van der Waals surface area contributed by atoms with E-state index >= 15 is 0 Å². The smallest absolute Gasteiger partial charge is 0.257 e. The summed E-state index contributed by atoms with van der Waals surface area (Å²) in [5.41, 5.74) is 3.51. The van der Waals surface area contributed by atoms with Crippen molar-refractivity contribution in [2.75, 3.05) is 0 Å². The fourth-order valence-electron chi connectivity index (χ4n) is 2.66. The van der Waals surface area contributed by atoms with Gasteiger partial charge in [-0.1, -0.05) is 22.8 Å². The van der Waals surface area contributed by atoms with Crippen LogP contribution in [0, 0.1) is 6.92 Å². The number of aryl methyl sites for hydroxylation is 1. The molecule has 0 aliphatic heterocycles. The summed E-state index contributed by atoms with van der Waals surface area (Å²) in [6.45, 7) is 2.00. The number of halogens is 1. The molecule has 4 aromatic rings. The lowest BCUT2D eigenvalue weighted by atomic mass is 10.2. The Bertz CT molecular complexity index is 1090. The average Bonchev–Trinajstić information content (AvgIpc) is 3.23. The fourth-order valence-corrected chi connectivity index (χ4v) is 3.76. The lowest BCUT2D eigenvalue weighted by Crippen LogP contribution is -2.01.